The van der Waals surface area contributed by atoms with Crippen molar-refractivity contribution in [3.05, 3.63) is 52.9 Å². The molecule has 3 heterocycles. The summed E-state index contributed by atoms with van der Waals surface area (Å²) in [5, 5.41) is 18.8. The molecule has 10 heteroatoms. The molecule has 1 N–H and O–H groups in total. The monoisotopic (exact) mass is 385 g/mol. The Morgan fingerprint density at radius 2 is 2.07 bits per heavy atom. The van der Waals surface area contributed by atoms with Crippen LogP contribution in [0.3, 0.4) is 0 Å². The maximum atomic E-state index is 13.1. The minimum absolute atomic E-state index is 0.0176. The van der Waals surface area contributed by atoms with E-state index in [1.54, 1.807) is 23.9 Å². The van der Waals surface area contributed by atoms with Gasteiger partial charge in [-0.1, -0.05) is 0 Å². The van der Waals surface area contributed by atoms with Gasteiger partial charge in [-0.3, -0.25) is 9.48 Å². The molecule has 0 unspecified atom stereocenters. The number of ether oxygens (including phenoxy) is 1. The van der Waals surface area contributed by atoms with E-state index < -0.39 is 0 Å². The van der Waals surface area contributed by atoms with Crippen molar-refractivity contribution >= 4 is 5.91 Å². The van der Waals surface area contributed by atoms with Crippen LogP contribution in [-0.4, -0.2) is 42.0 Å². The third kappa shape index (κ3) is 3.26. The van der Waals surface area contributed by atoms with E-state index in [4.69, 9.17) is 4.74 Å². The second-order valence-corrected chi connectivity index (χ2v) is 6.80. The van der Waals surface area contributed by atoms with E-state index in [9.17, 15) is 9.18 Å². The molecule has 0 saturated carbocycles. The normalized spacial score (nSPS) is 18.7. The molecule has 0 spiro atoms. The number of benzene rings is 1. The number of carbonyl (C=O) groups is 1. The fourth-order valence-corrected chi connectivity index (χ4v) is 3.49. The van der Waals surface area contributed by atoms with E-state index in [2.05, 4.69) is 25.9 Å². The van der Waals surface area contributed by atoms with Crippen LogP contribution in [0.2, 0.25) is 0 Å². The summed E-state index contributed by atoms with van der Waals surface area (Å²) in [5.41, 5.74) is 2.82. The predicted molar refractivity (Wildman–Crippen MR) is 96.2 cm³/mol. The highest BCUT2D eigenvalue weighted by molar-refractivity contribution is 5.94. The molecule has 0 saturated heterocycles. The van der Waals surface area contributed by atoms with Crippen molar-refractivity contribution in [2.24, 2.45) is 7.05 Å². The molecular formula is C18H20FN7O2. The Balaban J connectivity index is 1.54. The Morgan fingerprint density at radius 3 is 2.82 bits per heavy atom. The van der Waals surface area contributed by atoms with Gasteiger partial charge in [0, 0.05) is 19.0 Å². The number of aryl methyl sites for hydroxylation is 1. The summed E-state index contributed by atoms with van der Waals surface area (Å²) in [6, 6.07) is 5.78. The van der Waals surface area contributed by atoms with Gasteiger partial charge in [0.2, 0.25) is 0 Å². The Morgan fingerprint density at radius 1 is 1.32 bits per heavy atom. The van der Waals surface area contributed by atoms with Crippen LogP contribution in [0.4, 0.5) is 4.39 Å². The molecule has 0 fully saturated rings. The van der Waals surface area contributed by atoms with E-state index in [0.29, 0.717) is 23.6 Å². The Labute approximate surface area is 160 Å². The lowest BCUT2D eigenvalue weighted by Crippen LogP contribution is -2.29. The molecule has 0 radical (unpaired) electrons. The molecule has 2 atom stereocenters. The van der Waals surface area contributed by atoms with Crippen LogP contribution in [-0.2, 0) is 24.8 Å². The van der Waals surface area contributed by atoms with Crippen LogP contribution in [0.25, 0.3) is 5.69 Å². The molecule has 1 aromatic carbocycles. The number of nitrogens with zero attached hydrogens (tertiary/aromatic N) is 6. The molecule has 1 amide bonds. The molecule has 2 aromatic heterocycles. The zero-order valence-corrected chi connectivity index (χ0v) is 15.8. The third-order valence-corrected chi connectivity index (χ3v) is 4.72. The molecule has 1 aliphatic heterocycles. The smallest absolute Gasteiger partial charge is 0.270 e. The summed E-state index contributed by atoms with van der Waals surface area (Å²) in [6.07, 6.45) is 0.491. The minimum atomic E-state index is -0.347. The third-order valence-electron chi connectivity index (χ3n) is 4.72. The topological polar surface area (TPSA) is 99.8 Å². The zero-order chi connectivity index (χ0) is 19.8. The first-order valence-electron chi connectivity index (χ1n) is 8.96. The number of rotatable bonds is 4. The average Bonchev–Trinajstić information content (AvgIpc) is 3.24. The maximum Gasteiger partial charge on any atom is 0.270 e. The summed E-state index contributed by atoms with van der Waals surface area (Å²) < 4.78 is 22.0. The van der Waals surface area contributed by atoms with E-state index in [0.717, 1.165) is 11.3 Å². The Bertz CT molecular complexity index is 1010. The molecule has 0 bridgehead atoms. The fourth-order valence-electron chi connectivity index (χ4n) is 3.49. The number of fused-ring (bicyclic) bond motifs is 1. The summed E-state index contributed by atoms with van der Waals surface area (Å²) in [4.78, 5) is 12.9. The van der Waals surface area contributed by atoms with Gasteiger partial charge in [0.1, 0.15) is 11.5 Å². The van der Waals surface area contributed by atoms with Gasteiger partial charge in [-0.2, -0.15) is 9.78 Å². The quantitative estimate of drug-likeness (QED) is 0.730. The minimum Gasteiger partial charge on any atom is -0.369 e. The maximum absolute atomic E-state index is 13.1. The van der Waals surface area contributed by atoms with Crippen molar-refractivity contribution < 1.29 is 13.9 Å². The molecule has 146 valence electrons. The Kier molecular flexibility index (Phi) is 4.63. The van der Waals surface area contributed by atoms with Crippen molar-refractivity contribution in [2.45, 2.75) is 39.0 Å². The van der Waals surface area contributed by atoms with Crippen LogP contribution in [0, 0.1) is 5.82 Å². The summed E-state index contributed by atoms with van der Waals surface area (Å²) >= 11 is 0. The van der Waals surface area contributed by atoms with Gasteiger partial charge >= 0.3 is 0 Å². The number of carbonyl (C=O) groups excluding carboxylic acids is 1. The highest BCUT2D eigenvalue weighted by Crippen LogP contribution is 2.31. The number of hydrogen-bond acceptors (Lipinski definition) is 6. The summed E-state index contributed by atoms with van der Waals surface area (Å²) in [7, 11) is 1.74. The van der Waals surface area contributed by atoms with E-state index >= 15 is 0 Å². The van der Waals surface area contributed by atoms with Crippen molar-refractivity contribution in [3.8, 4) is 5.69 Å². The predicted octanol–water partition coefficient (Wildman–Crippen LogP) is 1.49. The zero-order valence-electron chi connectivity index (χ0n) is 15.8. The van der Waals surface area contributed by atoms with Crippen molar-refractivity contribution in [2.75, 3.05) is 0 Å². The van der Waals surface area contributed by atoms with Gasteiger partial charge in [-0.15, -0.1) is 5.10 Å². The number of halogens is 1. The van der Waals surface area contributed by atoms with Gasteiger partial charge in [0.25, 0.3) is 5.91 Å². The largest absolute Gasteiger partial charge is 0.369 e. The second kappa shape index (κ2) is 7.12. The molecular weight excluding hydrogens is 365 g/mol. The highest BCUT2D eigenvalue weighted by Gasteiger charge is 2.31. The Hall–Kier alpha value is -3.14. The SMILES string of the molecule is C[C@@H]1Cc2c(nn(C)c2C(=O)NCc2nnnn2-c2ccc(F)cc2)[C@H](C)O1. The first kappa shape index (κ1) is 18.2. The molecule has 0 aliphatic carbocycles. The standard InChI is InChI=1S/C18H20FN7O2/c1-10-8-14-16(11(2)28-10)22-25(3)17(14)18(27)20-9-15-21-23-24-26(15)13-6-4-12(19)5-7-13/h4-7,10-11H,8-9H2,1-3H3,(H,20,27)/t10-,11+/m1/s1. The molecule has 28 heavy (non-hydrogen) atoms. The average molecular weight is 385 g/mol. The van der Waals surface area contributed by atoms with Gasteiger partial charge in [-0.25, -0.2) is 4.39 Å². The number of tetrazole rings is 1. The molecule has 1 aliphatic rings. The number of nitrogens with one attached hydrogen (secondary N) is 1. The first-order chi connectivity index (χ1) is 13.4. The van der Waals surface area contributed by atoms with Crippen molar-refractivity contribution in [1.82, 2.24) is 35.3 Å². The van der Waals surface area contributed by atoms with Gasteiger partial charge in [0.15, 0.2) is 5.82 Å². The van der Waals surface area contributed by atoms with Crippen molar-refractivity contribution in [3.63, 3.8) is 0 Å². The fraction of sp³-hybridized carbons (Fsp3) is 0.389. The summed E-state index contributed by atoms with van der Waals surface area (Å²) in [6.45, 7) is 4.02. The summed E-state index contributed by atoms with van der Waals surface area (Å²) in [5.74, 6) is -0.174. The number of hydrogen-bond donors (Lipinski definition) is 1. The molecule has 9 nitrogen and oxygen atoms in total. The lowest BCUT2D eigenvalue weighted by molar-refractivity contribution is -0.00710. The van der Waals surface area contributed by atoms with Gasteiger partial charge in [-0.05, 0) is 48.5 Å². The van der Waals surface area contributed by atoms with E-state index in [1.807, 2.05) is 13.8 Å². The lowest BCUT2D eigenvalue weighted by Gasteiger charge is -2.24. The van der Waals surface area contributed by atoms with E-state index in [-0.39, 0.29) is 30.5 Å². The van der Waals surface area contributed by atoms with Crippen LogP contribution >= 0.6 is 0 Å². The van der Waals surface area contributed by atoms with Crippen LogP contribution < -0.4 is 5.32 Å². The van der Waals surface area contributed by atoms with E-state index in [1.165, 1.54) is 16.8 Å². The number of amides is 1. The lowest BCUT2D eigenvalue weighted by atomic mass is 9.99. The van der Waals surface area contributed by atoms with Gasteiger partial charge < -0.3 is 10.1 Å². The second-order valence-electron chi connectivity index (χ2n) is 6.80. The highest BCUT2D eigenvalue weighted by atomic mass is 19.1. The number of aromatic nitrogens is 6. The first-order valence-corrected chi connectivity index (χ1v) is 8.96. The van der Waals surface area contributed by atoms with Gasteiger partial charge in [0.05, 0.1) is 30.1 Å². The van der Waals surface area contributed by atoms with Crippen LogP contribution in [0.5, 0.6) is 0 Å². The van der Waals surface area contributed by atoms with Crippen molar-refractivity contribution in [1.29, 1.82) is 0 Å². The molecule has 3 aromatic rings. The molecule has 4 rings (SSSR count). The van der Waals surface area contributed by atoms with Crippen LogP contribution in [0.1, 0.15) is 47.5 Å². The van der Waals surface area contributed by atoms with Crippen LogP contribution in [0.15, 0.2) is 24.3 Å².